The van der Waals surface area contributed by atoms with E-state index in [9.17, 15) is 15.2 Å². The molecule has 16 heavy (non-hydrogen) atoms. The van der Waals surface area contributed by atoms with Gasteiger partial charge in [-0.3, -0.25) is 10.1 Å². The minimum absolute atomic E-state index is 0.0230. The van der Waals surface area contributed by atoms with Crippen molar-refractivity contribution in [3.05, 3.63) is 52.1 Å². The Morgan fingerprint density at radius 3 is 2.38 bits per heavy atom. The van der Waals surface area contributed by atoms with Crippen LogP contribution in [-0.4, -0.2) is 10.0 Å². The molecule has 0 fully saturated rings. The monoisotopic (exact) mass is 221 g/mol. The van der Waals surface area contributed by atoms with Crippen molar-refractivity contribution in [2.75, 3.05) is 0 Å². The van der Waals surface area contributed by atoms with Crippen LogP contribution in [0, 0.1) is 10.1 Å². The topological polar surface area (TPSA) is 63.4 Å². The molecule has 4 heteroatoms. The van der Waals surface area contributed by atoms with Crippen LogP contribution in [0.1, 0.15) is 25.8 Å². The highest BCUT2D eigenvalue weighted by atomic mass is 16.6. The molecule has 0 unspecified atom stereocenters. The smallest absolute Gasteiger partial charge is 0.269 e. The van der Waals surface area contributed by atoms with Crippen molar-refractivity contribution in [3.8, 4) is 0 Å². The van der Waals surface area contributed by atoms with Gasteiger partial charge in [-0.05, 0) is 31.5 Å². The highest BCUT2D eigenvalue weighted by molar-refractivity contribution is 5.35. The Bertz CT molecular complexity index is 407. The van der Waals surface area contributed by atoms with E-state index in [1.54, 1.807) is 19.1 Å². The Hall–Kier alpha value is -1.68. The highest BCUT2D eigenvalue weighted by Gasteiger charge is 2.23. The van der Waals surface area contributed by atoms with Crippen molar-refractivity contribution < 1.29 is 10.0 Å². The van der Waals surface area contributed by atoms with E-state index >= 15 is 0 Å². The minimum Gasteiger partial charge on any atom is -0.385 e. The maximum absolute atomic E-state index is 10.5. The predicted octanol–water partition coefficient (Wildman–Crippen LogP) is 2.77. The van der Waals surface area contributed by atoms with Crippen molar-refractivity contribution >= 4 is 5.69 Å². The fourth-order valence-corrected chi connectivity index (χ4v) is 1.63. The number of nitro benzene ring substituents is 1. The summed E-state index contributed by atoms with van der Waals surface area (Å²) in [6.07, 6.45) is 0.435. The number of rotatable bonds is 4. The molecule has 0 aliphatic carbocycles. The average molecular weight is 221 g/mol. The molecule has 0 spiro atoms. The van der Waals surface area contributed by atoms with Crippen LogP contribution in [0.25, 0.3) is 0 Å². The molecule has 0 radical (unpaired) electrons. The molecule has 0 amide bonds. The molecular weight excluding hydrogens is 206 g/mol. The van der Waals surface area contributed by atoms with E-state index in [2.05, 4.69) is 6.58 Å². The van der Waals surface area contributed by atoms with Crippen molar-refractivity contribution in [3.63, 3.8) is 0 Å². The maximum Gasteiger partial charge on any atom is 0.269 e. The summed E-state index contributed by atoms with van der Waals surface area (Å²) in [7, 11) is 0. The van der Waals surface area contributed by atoms with Gasteiger partial charge in [0.2, 0.25) is 0 Å². The second kappa shape index (κ2) is 4.45. The SMILES string of the molecule is C=C(C)C[C@](C)(O)c1ccc([N+](=O)[O-])cc1. The average Bonchev–Trinajstić information content (AvgIpc) is 2.16. The van der Waals surface area contributed by atoms with Crippen LogP contribution in [0.3, 0.4) is 0 Å². The molecule has 0 saturated heterocycles. The zero-order valence-electron chi connectivity index (χ0n) is 9.43. The van der Waals surface area contributed by atoms with Crippen LogP contribution in [-0.2, 0) is 5.60 Å². The van der Waals surface area contributed by atoms with Gasteiger partial charge in [0.1, 0.15) is 0 Å². The lowest BCUT2D eigenvalue weighted by molar-refractivity contribution is -0.384. The van der Waals surface area contributed by atoms with E-state index < -0.39 is 10.5 Å². The van der Waals surface area contributed by atoms with Crippen molar-refractivity contribution in [2.45, 2.75) is 25.9 Å². The van der Waals surface area contributed by atoms with Gasteiger partial charge in [0.25, 0.3) is 5.69 Å². The van der Waals surface area contributed by atoms with Gasteiger partial charge < -0.3 is 5.11 Å². The van der Waals surface area contributed by atoms with E-state index in [0.29, 0.717) is 12.0 Å². The zero-order valence-corrected chi connectivity index (χ0v) is 9.43. The summed E-state index contributed by atoms with van der Waals surface area (Å²) in [5.41, 5.74) is 0.514. The van der Waals surface area contributed by atoms with Gasteiger partial charge in [0.05, 0.1) is 10.5 Å². The summed E-state index contributed by atoms with van der Waals surface area (Å²) in [5, 5.41) is 20.6. The molecule has 4 nitrogen and oxygen atoms in total. The molecule has 86 valence electrons. The van der Waals surface area contributed by atoms with Gasteiger partial charge in [0.15, 0.2) is 0 Å². The lowest BCUT2D eigenvalue weighted by Gasteiger charge is -2.23. The second-order valence-electron chi connectivity index (χ2n) is 4.21. The van der Waals surface area contributed by atoms with Crippen LogP contribution < -0.4 is 0 Å². The summed E-state index contributed by atoms with van der Waals surface area (Å²) >= 11 is 0. The normalized spacial score (nSPS) is 14.2. The Kier molecular flexibility index (Phi) is 3.44. The Labute approximate surface area is 94.4 Å². The number of hydrogen-bond donors (Lipinski definition) is 1. The van der Waals surface area contributed by atoms with Crippen molar-refractivity contribution in [1.29, 1.82) is 0 Å². The van der Waals surface area contributed by atoms with E-state index in [-0.39, 0.29) is 5.69 Å². The van der Waals surface area contributed by atoms with Gasteiger partial charge in [-0.2, -0.15) is 0 Å². The molecule has 1 N–H and O–H groups in total. The minimum atomic E-state index is -1.03. The Balaban J connectivity index is 2.96. The molecule has 1 aromatic carbocycles. The zero-order chi connectivity index (χ0) is 12.3. The van der Waals surface area contributed by atoms with E-state index in [4.69, 9.17) is 0 Å². The van der Waals surface area contributed by atoms with Crippen LogP contribution in [0.4, 0.5) is 5.69 Å². The first-order valence-electron chi connectivity index (χ1n) is 4.94. The number of nitro groups is 1. The molecule has 0 aliphatic heterocycles. The first-order valence-corrected chi connectivity index (χ1v) is 4.94. The van der Waals surface area contributed by atoms with Gasteiger partial charge >= 0.3 is 0 Å². The fourth-order valence-electron chi connectivity index (χ4n) is 1.63. The van der Waals surface area contributed by atoms with Gasteiger partial charge in [0, 0.05) is 18.6 Å². The van der Waals surface area contributed by atoms with Crippen molar-refractivity contribution in [2.24, 2.45) is 0 Å². The number of aliphatic hydroxyl groups is 1. The summed E-state index contributed by atoms with van der Waals surface area (Å²) in [6, 6.07) is 5.92. The molecule has 0 bridgehead atoms. The first-order chi connectivity index (χ1) is 7.33. The molecule has 1 aromatic rings. The van der Waals surface area contributed by atoms with Crippen LogP contribution in [0.15, 0.2) is 36.4 Å². The van der Waals surface area contributed by atoms with Crippen LogP contribution >= 0.6 is 0 Å². The third kappa shape index (κ3) is 2.90. The molecule has 0 aromatic heterocycles. The maximum atomic E-state index is 10.5. The van der Waals surface area contributed by atoms with Gasteiger partial charge in [-0.15, -0.1) is 6.58 Å². The second-order valence-corrected chi connectivity index (χ2v) is 4.21. The Morgan fingerprint density at radius 2 is 2.00 bits per heavy atom. The molecule has 0 aliphatic rings. The molecule has 1 atom stereocenters. The molecule has 0 heterocycles. The third-order valence-corrected chi connectivity index (χ3v) is 2.35. The quantitative estimate of drug-likeness (QED) is 0.483. The molecular formula is C12H15NO3. The molecule has 0 saturated carbocycles. The lowest BCUT2D eigenvalue weighted by Crippen LogP contribution is -2.21. The van der Waals surface area contributed by atoms with E-state index in [1.165, 1.54) is 12.1 Å². The van der Waals surface area contributed by atoms with Crippen molar-refractivity contribution in [1.82, 2.24) is 0 Å². The number of hydrogen-bond acceptors (Lipinski definition) is 3. The third-order valence-electron chi connectivity index (χ3n) is 2.35. The van der Waals surface area contributed by atoms with E-state index in [1.807, 2.05) is 6.92 Å². The predicted molar refractivity (Wildman–Crippen MR) is 62.1 cm³/mol. The number of benzene rings is 1. The number of non-ortho nitro benzene ring substituents is 1. The highest BCUT2D eigenvalue weighted by Crippen LogP contribution is 2.28. The summed E-state index contributed by atoms with van der Waals surface area (Å²) in [6.45, 7) is 7.25. The summed E-state index contributed by atoms with van der Waals surface area (Å²) in [5.74, 6) is 0. The summed E-state index contributed by atoms with van der Waals surface area (Å²) in [4.78, 5) is 10.0. The summed E-state index contributed by atoms with van der Waals surface area (Å²) < 4.78 is 0. The van der Waals surface area contributed by atoms with Gasteiger partial charge in [-0.1, -0.05) is 5.57 Å². The van der Waals surface area contributed by atoms with Crippen LogP contribution in [0.5, 0.6) is 0 Å². The number of nitrogens with zero attached hydrogens (tertiary/aromatic N) is 1. The van der Waals surface area contributed by atoms with E-state index in [0.717, 1.165) is 5.57 Å². The standard InChI is InChI=1S/C12H15NO3/c1-9(2)8-12(3,14)10-4-6-11(7-5-10)13(15)16/h4-7,14H,1,8H2,2-3H3/t12-/m0/s1. The molecule has 1 rings (SSSR count). The largest absolute Gasteiger partial charge is 0.385 e. The van der Waals surface area contributed by atoms with Gasteiger partial charge in [-0.25, -0.2) is 0 Å². The lowest BCUT2D eigenvalue weighted by atomic mass is 9.90. The first kappa shape index (κ1) is 12.4. The Morgan fingerprint density at radius 1 is 1.50 bits per heavy atom. The fraction of sp³-hybridized carbons (Fsp3) is 0.333. The van der Waals surface area contributed by atoms with Crippen LogP contribution in [0.2, 0.25) is 0 Å².